The van der Waals surface area contributed by atoms with Crippen LogP contribution in [0.25, 0.3) is 0 Å². The molecule has 336 valence electrons. The van der Waals surface area contributed by atoms with Crippen molar-refractivity contribution in [2.24, 2.45) is 11.3 Å². The van der Waals surface area contributed by atoms with Crippen molar-refractivity contribution < 1.29 is 95.6 Å². The molecule has 3 fully saturated rings. The summed E-state index contributed by atoms with van der Waals surface area (Å²) < 4.78 is 59.7. The minimum atomic E-state index is -3.00. The van der Waals surface area contributed by atoms with Crippen molar-refractivity contribution in [1.29, 1.82) is 0 Å². The summed E-state index contributed by atoms with van der Waals surface area (Å²) in [5.74, 6) is -12.2. The molecule has 0 radical (unpaired) electrons. The first kappa shape index (κ1) is 45.6. The van der Waals surface area contributed by atoms with E-state index in [4.69, 9.17) is 47.0 Å². The molecule has 2 aromatic heterocycles. The Morgan fingerprint density at radius 3 is 1.94 bits per heavy atom. The van der Waals surface area contributed by atoms with Crippen molar-refractivity contribution in [3.63, 3.8) is 0 Å². The van der Waals surface area contributed by atoms with Crippen molar-refractivity contribution in [3.8, 4) is 0 Å². The van der Waals surface area contributed by atoms with Gasteiger partial charge in [0.25, 0.3) is 0 Å². The molecule has 2 aliphatic heterocycles. The topological polar surface area (TPSA) is 286 Å². The number of hydrogen-bond acceptors (Lipinski definition) is 21. The van der Waals surface area contributed by atoms with Gasteiger partial charge in [-0.1, -0.05) is 6.92 Å². The summed E-state index contributed by atoms with van der Waals surface area (Å²) in [5, 5.41) is 25.5. The van der Waals surface area contributed by atoms with E-state index in [1.54, 1.807) is 0 Å². The Morgan fingerprint density at radius 2 is 1.37 bits per heavy atom. The Labute approximate surface area is 353 Å². The largest absolute Gasteiger partial charge is 0.472 e. The minimum Gasteiger partial charge on any atom is -0.472 e. The Morgan fingerprint density at radius 1 is 0.806 bits per heavy atom. The van der Waals surface area contributed by atoms with Crippen LogP contribution in [0.3, 0.4) is 0 Å². The van der Waals surface area contributed by atoms with Crippen molar-refractivity contribution in [1.82, 2.24) is 4.98 Å². The lowest BCUT2D eigenvalue weighted by Gasteiger charge is -2.67. The van der Waals surface area contributed by atoms with Crippen molar-refractivity contribution >= 4 is 47.8 Å². The maximum atomic E-state index is 14.5. The summed E-state index contributed by atoms with van der Waals surface area (Å²) in [6.45, 7) is 7.41. The zero-order valence-corrected chi connectivity index (χ0v) is 35.2. The van der Waals surface area contributed by atoms with Crippen LogP contribution in [-0.2, 0) is 71.4 Å². The van der Waals surface area contributed by atoms with E-state index < -0.39 is 137 Å². The van der Waals surface area contributed by atoms with Crippen LogP contribution in [0, 0.1) is 11.3 Å². The van der Waals surface area contributed by atoms with Gasteiger partial charge >= 0.3 is 47.8 Å². The fourth-order valence-corrected chi connectivity index (χ4v) is 9.66. The molecular weight excluding hydrogens is 826 g/mol. The molecule has 2 aromatic rings. The summed E-state index contributed by atoms with van der Waals surface area (Å²) in [6.07, 6.45) is -9.37. The second-order valence-corrected chi connectivity index (χ2v) is 16.4. The molecule has 13 atom stereocenters. The highest BCUT2D eigenvalue weighted by Crippen LogP contribution is 2.70. The van der Waals surface area contributed by atoms with Gasteiger partial charge in [-0.2, -0.15) is 0 Å². The van der Waals surface area contributed by atoms with E-state index in [0.717, 1.165) is 61.0 Å². The highest BCUT2D eigenvalue weighted by atomic mass is 16.7. The average Bonchev–Trinajstić information content (AvgIpc) is 3.79. The van der Waals surface area contributed by atoms with Crippen molar-refractivity contribution in [3.05, 3.63) is 53.7 Å². The van der Waals surface area contributed by atoms with Crippen LogP contribution < -0.4 is 0 Å². The molecule has 1 saturated heterocycles. The summed E-state index contributed by atoms with van der Waals surface area (Å²) in [4.78, 5) is 113. The summed E-state index contributed by atoms with van der Waals surface area (Å²) in [5.41, 5.74) is -14.0. The molecule has 1 spiro atoms. The van der Waals surface area contributed by atoms with Crippen LogP contribution in [0.1, 0.15) is 94.6 Å². The van der Waals surface area contributed by atoms with Gasteiger partial charge in [0.15, 0.2) is 35.6 Å². The number of pyridine rings is 1. The van der Waals surface area contributed by atoms with E-state index >= 15 is 0 Å². The third-order valence-electron chi connectivity index (χ3n) is 12.2. The van der Waals surface area contributed by atoms with E-state index in [-0.39, 0.29) is 16.8 Å². The van der Waals surface area contributed by atoms with Crippen LogP contribution in [0.5, 0.6) is 0 Å². The average molecular weight is 874 g/mol. The highest BCUT2D eigenvalue weighted by molar-refractivity contribution is 5.92. The molecule has 0 amide bonds. The van der Waals surface area contributed by atoms with Gasteiger partial charge in [0.2, 0.25) is 0 Å². The zero-order chi connectivity index (χ0) is 45.9. The molecule has 2 unspecified atom stereocenters. The van der Waals surface area contributed by atoms with Gasteiger partial charge in [0.1, 0.15) is 48.3 Å². The molecule has 21 nitrogen and oxygen atoms in total. The number of fused-ring (bicyclic) bond motifs is 5. The number of carbonyl (C=O) groups is 8. The molecule has 4 bridgehead atoms. The predicted octanol–water partition coefficient (Wildman–Crippen LogP) is 1.04. The van der Waals surface area contributed by atoms with Gasteiger partial charge < -0.3 is 57.3 Å². The van der Waals surface area contributed by atoms with Gasteiger partial charge in [0, 0.05) is 46.7 Å². The lowest BCUT2D eigenvalue weighted by atomic mass is 9.45. The maximum Gasteiger partial charge on any atom is 0.341 e. The fourth-order valence-electron chi connectivity index (χ4n) is 9.66. The molecule has 4 aliphatic rings. The Bertz CT molecular complexity index is 2170. The number of esters is 8. The van der Waals surface area contributed by atoms with E-state index in [0.29, 0.717) is 0 Å². The quantitative estimate of drug-likeness (QED) is 0.277. The third kappa shape index (κ3) is 7.14. The van der Waals surface area contributed by atoms with Crippen LogP contribution in [0.2, 0.25) is 0 Å². The molecule has 2 N–H and O–H groups in total. The maximum absolute atomic E-state index is 14.5. The van der Waals surface area contributed by atoms with Crippen LogP contribution >= 0.6 is 0 Å². The van der Waals surface area contributed by atoms with Crippen LogP contribution in [0.4, 0.5) is 0 Å². The monoisotopic (exact) mass is 873 g/mol. The SMILES string of the molecule is CC(=O)O[C@@H]1[C@H](OC(C)=O)[C@@]2(COC(=O)c3ccoc3)[C@H](OC(C)=O)[C@H](OC(C)=O)C3[C@@H](OC(C)=O)[C@@]24O[C@@]3(C)COC(=O)c2cccnc2[C@@H](C)C(C)(O)C(=O)O[C@@H]1[C@]4(C)O. The molecule has 2 saturated carbocycles. The smallest absolute Gasteiger partial charge is 0.341 e. The van der Waals surface area contributed by atoms with Gasteiger partial charge in [-0.3, -0.25) is 29.0 Å². The Hall–Kier alpha value is -5.93. The standard InChI is InChI=1S/C41H47NO20/c1-18-27-25(11-10-13-42-27)35(49)54-16-37(7)26-28(56-19(2)43)32(59-22(5)46)40(17-55-34(48)24-12-14-53-15-24)33(60-23(6)47)29(57-20(3)44)31(61-36(50)38(18,8)51)39(9,52)41(40,62-37)30(26)58-21(4)45/h10-15,18,26,28-33,51-52H,16-17H2,1-9H3/t18-,26?,28-,29+,30-,31+,32-,33+,37+,38?,39+,40-,41+/m1/s1. The number of nitrogens with zero attached hydrogens (tertiary/aromatic N) is 1. The van der Waals surface area contributed by atoms with Crippen LogP contribution in [0.15, 0.2) is 41.3 Å². The number of cyclic esters (lactones) is 1. The number of aromatic nitrogens is 1. The first-order chi connectivity index (χ1) is 28.9. The first-order valence-corrected chi connectivity index (χ1v) is 19.4. The molecule has 2 aliphatic carbocycles. The molecule has 21 heteroatoms. The third-order valence-corrected chi connectivity index (χ3v) is 12.2. The van der Waals surface area contributed by atoms with Crippen LogP contribution in [-0.4, -0.2) is 135 Å². The summed E-state index contributed by atoms with van der Waals surface area (Å²) in [6, 6.07) is 3.92. The first-order valence-electron chi connectivity index (χ1n) is 19.4. The van der Waals surface area contributed by atoms with Crippen molar-refractivity contribution in [2.75, 3.05) is 13.2 Å². The van der Waals surface area contributed by atoms with Crippen molar-refractivity contribution in [2.45, 2.75) is 127 Å². The predicted molar refractivity (Wildman–Crippen MR) is 199 cm³/mol. The Kier molecular flexibility index (Phi) is 11.8. The number of rotatable bonds is 8. The minimum absolute atomic E-state index is 0.141. The Balaban J connectivity index is 1.80. The highest BCUT2D eigenvalue weighted by Gasteiger charge is 2.92. The zero-order valence-electron chi connectivity index (χ0n) is 35.2. The van der Waals surface area contributed by atoms with Gasteiger partial charge in [-0.05, 0) is 39.0 Å². The van der Waals surface area contributed by atoms with Gasteiger partial charge in [-0.15, -0.1) is 0 Å². The molecule has 6 rings (SSSR count). The second-order valence-electron chi connectivity index (χ2n) is 16.4. The number of ether oxygens (including phenoxy) is 9. The molecule has 4 heterocycles. The normalized spacial score (nSPS) is 37.3. The number of hydrogen-bond donors (Lipinski definition) is 2. The fraction of sp³-hybridized carbons (Fsp3) is 0.585. The molecule has 62 heavy (non-hydrogen) atoms. The number of aliphatic hydroxyl groups is 2. The molecule has 0 aromatic carbocycles. The summed E-state index contributed by atoms with van der Waals surface area (Å²) in [7, 11) is 0. The second kappa shape index (κ2) is 16.1. The molecular formula is C41H47NO20. The number of carbonyl (C=O) groups excluding carboxylic acids is 8. The lowest BCUT2D eigenvalue weighted by molar-refractivity contribution is -0.387. The van der Waals surface area contributed by atoms with E-state index in [9.17, 15) is 48.6 Å². The van der Waals surface area contributed by atoms with E-state index in [1.807, 2.05) is 0 Å². The van der Waals surface area contributed by atoms with Gasteiger partial charge in [0.05, 0.1) is 29.0 Å². The van der Waals surface area contributed by atoms with E-state index in [1.165, 1.54) is 38.2 Å². The van der Waals surface area contributed by atoms with E-state index in [2.05, 4.69) is 4.98 Å². The number of furan rings is 1. The summed E-state index contributed by atoms with van der Waals surface area (Å²) >= 11 is 0. The van der Waals surface area contributed by atoms with Gasteiger partial charge in [-0.25, -0.2) is 14.4 Å². The lowest BCUT2D eigenvalue weighted by Crippen LogP contribution is -2.89.